The minimum atomic E-state index is -1.18. The molecule has 144 valence electrons. The van der Waals surface area contributed by atoms with Crippen LogP contribution >= 0.6 is 25.3 Å². The van der Waals surface area contributed by atoms with Crippen molar-refractivity contribution < 1.29 is 24.3 Å². The molecule has 4 unspecified atom stereocenters. The van der Waals surface area contributed by atoms with Gasteiger partial charge < -0.3 is 26.8 Å². The van der Waals surface area contributed by atoms with Crippen LogP contribution in [0.5, 0.6) is 0 Å². The fraction of sp³-hybridized carbons (Fsp3) is 0.714. The summed E-state index contributed by atoms with van der Waals surface area (Å²) >= 11 is 8.00. The van der Waals surface area contributed by atoms with Crippen LogP contribution in [0.1, 0.15) is 20.8 Å². The molecule has 9 nitrogen and oxygen atoms in total. The van der Waals surface area contributed by atoms with Gasteiger partial charge in [-0.1, -0.05) is 13.8 Å². The first-order chi connectivity index (χ1) is 11.5. The molecule has 0 aromatic carbocycles. The van der Waals surface area contributed by atoms with Crippen molar-refractivity contribution in [2.24, 2.45) is 11.7 Å². The molecule has 6 N–H and O–H groups in total. The maximum Gasteiger partial charge on any atom is 0.326 e. The van der Waals surface area contributed by atoms with E-state index in [9.17, 15) is 19.2 Å². The van der Waals surface area contributed by atoms with E-state index in [0.717, 1.165) is 0 Å². The van der Waals surface area contributed by atoms with E-state index in [-0.39, 0.29) is 17.4 Å². The van der Waals surface area contributed by atoms with Gasteiger partial charge in [-0.25, -0.2) is 4.79 Å². The molecular weight excluding hydrogens is 368 g/mol. The Bertz CT molecular complexity index is 502. The highest BCUT2D eigenvalue weighted by Gasteiger charge is 2.29. The zero-order valence-corrected chi connectivity index (χ0v) is 16.1. The van der Waals surface area contributed by atoms with Gasteiger partial charge in [0.1, 0.15) is 18.1 Å². The Hall–Kier alpha value is -1.46. The zero-order chi connectivity index (χ0) is 19.7. The topological polar surface area (TPSA) is 151 Å². The Morgan fingerprint density at radius 2 is 1.28 bits per heavy atom. The second-order valence-corrected chi connectivity index (χ2v) is 6.57. The number of carboxylic acid groups (broad SMARTS) is 1. The van der Waals surface area contributed by atoms with Gasteiger partial charge >= 0.3 is 5.97 Å². The van der Waals surface area contributed by atoms with E-state index in [4.69, 9.17) is 10.8 Å². The number of aliphatic carboxylic acids is 1. The lowest BCUT2D eigenvalue weighted by Crippen LogP contribution is -2.58. The molecule has 0 aromatic heterocycles. The van der Waals surface area contributed by atoms with E-state index >= 15 is 0 Å². The highest BCUT2D eigenvalue weighted by molar-refractivity contribution is 7.80. The quantitative estimate of drug-likeness (QED) is 0.222. The predicted octanol–water partition coefficient (Wildman–Crippen LogP) is -1.61. The molecule has 0 saturated carbocycles. The number of amides is 3. The van der Waals surface area contributed by atoms with Crippen LogP contribution in [0, 0.1) is 5.92 Å². The predicted molar refractivity (Wildman–Crippen MR) is 99.6 cm³/mol. The lowest BCUT2D eigenvalue weighted by molar-refractivity contribution is -0.143. The first kappa shape index (κ1) is 23.5. The van der Waals surface area contributed by atoms with Crippen molar-refractivity contribution in [2.75, 3.05) is 11.5 Å². The molecule has 3 amide bonds. The molecular formula is C14H26N4O5S2. The van der Waals surface area contributed by atoms with Gasteiger partial charge in [-0.3, -0.25) is 14.4 Å². The number of carbonyl (C=O) groups excluding carboxylic acids is 3. The van der Waals surface area contributed by atoms with Crippen molar-refractivity contribution in [1.82, 2.24) is 16.0 Å². The molecule has 0 heterocycles. The number of rotatable bonds is 10. The molecule has 11 heteroatoms. The number of hydrogen-bond donors (Lipinski definition) is 7. The van der Waals surface area contributed by atoms with Gasteiger partial charge in [0.2, 0.25) is 17.7 Å². The molecule has 0 aliphatic heterocycles. The molecule has 0 fully saturated rings. The summed E-state index contributed by atoms with van der Waals surface area (Å²) in [5.74, 6) is -3.43. The number of nitrogens with one attached hydrogen (secondary N) is 3. The van der Waals surface area contributed by atoms with Crippen molar-refractivity contribution in [3.8, 4) is 0 Å². The van der Waals surface area contributed by atoms with Crippen molar-refractivity contribution in [3.05, 3.63) is 0 Å². The summed E-state index contributed by atoms with van der Waals surface area (Å²) in [5, 5.41) is 16.3. The molecule has 4 atom stereocenters. The maximum absolute atomic E-state index is 12.2. The summed E-state index contributed by atoms with van der Waals surface area (Å²) in [7, 11) is 0. The number of carbonyl (C=O) groups is 4. The van der Waals surface area contributed by atoms with E-state index < -0.39 is 47.9 Å². The van der Waals surface area contributed by atoms with Gasteiger partial charge in [0.15, 0.2) is 0 Å². The van der Waals surface area contributed by atoms with Gasteiger partial charge in [0.25, 0.3) is 0 Å². The average molecular weight is 395 g/mol. The van der Waals surface area contributed by atoms with E-state index in [1.165, 1.54) is 6.92 Å². The first-order valence-electron chi connectivity index (χ1n) is 7.66. The Kier molecular flexibility index (Phi) is 10.6. The summed E-state index contributed by atoms with van der Waals surface area (Å²) in [4.78, 5) is 47.2. The molecule has 0 radical (unpaired) electrons. The van der Waals surface area contributed by atoms with E-state index in [1.54, 1.807) is 13.8 Å². The lowest BCUT2D eigenvalue weighted by atomic mass is 10.0. The van der Waals surface area contributed by atoms with E-state index in [1.807, 2.05) is 0 Å². The Morgan fingerprint density at radius 3 is 1.60 bits per heavy atom. The molecule has 0 spiro atoms. The number of nitrogens with two attached hydrogens (primary N) is 1. The Balaban J connectivity index is 4.93. The summed E-state index contributed by atoms with van der Waals surface area (Å²) in [5.41, 5.74) is 5.43. The van der Waals surface area contributed by atoms with Crippen molar-refractivity contribution in [1.29, 1.82) is 0 Å². The minimum Gasteiger partial charge on any atom is -0.480 e. The molecule has 0 aliphatic carbocycles. The van der Waals surface area contributed by atoms with Gasteiger partial charge in [0, 0.05) is 11.5 Å². The summed E-state index contributed by atoms with van der Waals surface area (Å²) in [6.07, 6.45) is 0. The van der Waals surface area contributed by atoms with Crippen LogP contribution < -0.4 is 21.7 Å². The molecule has 0 aliphatic rings. The SMILES string of the molecule is CC(N)C(=O)NC(CS)C(=O)NC(CS)C(=O)NC(C(=O)O)C(C)C. The molecule has 25 heavy (non-hydrogen) atoms. The average Bonchev–Trinajstić information content (AvgIpc) is 2.53. The second kappa shape index (κ2) is 11.2. The van der Waals surface area contributed by atoms with E-state index in [2.05, 4.69) is 41.2 Å². The van der Waals surface area contributed by atoms with Crippen molar-refractivity contribution >= 4 is 48.9 Å². The normalized spacial score (nSPS) is 15.6. The zero-order valence-electron chi connectivity index (χ0n) is 14.4. The summed E-state index contributed by atoms with van der Waals surface area (Å²) in [6, 6.07) is -3.95. The van der Waals surface area contributed by atoms with Crippen LogP contribution in [0.2, 0.25) is 0 Å². The second-order valence-electron chi connectivity index (χ2n) is 5.84. The van der Waals surface area contributed by atoms with Crippen LogP contribution in [-0.2, 0) is 19.2 Å². The third-order valence-electron chi connectivity index (χ3n) is 3.28. The third-order valence-corrected chi connectivity index (χ3v) is 4.01. The van der Waals surface area contributed by atoms with Crippen LogP contribution in [0.15, 0.2) is 0 Å². The van der Waals surface area contributed by atoms with Crippen molar-refractivity contribution in [2.45, 2.75) is 44.9 Å². The number of hydrogen-bond acceptors (Lipinski definition) is 7. The number of carboxylic acids is 1. The highest BCUT2D eigenvalue weighted by Crippen LogP contribution is 2.03. The Labute approximate surface area is 157 Å². The summed E-state index contributed by atoms with van der Waals surface area (Å²) in [6.45, 7) is 4.76. The first-order valence-corrected chi connectivity index (χ1v) is 8.92. The maximum atomic E-state index is 12.2. The van der Waals surface area contributed by atoms with Crippen LogP contribution in [0.25, 0.3) is 0 Å². The fourth-order valence-corrected chi connectivity index (χ4v) is 2.25. The third kappa shape index (κ3) is 7.97. The highest BCUT2D eigenvalue weighted by atomic mass is 32.1. The van der Waals surface area contributed by atoms with E-state index in [0.29, 0.717) is 0 Å². The standard InChI is InChI=1S/C14H26N4O5S2/c1-6(2)10(14(22)23)18-13(21)9(5-25)17-12(20)8(4-24)16-11(19)7(3)15/h6-10,24-25H,4-5,15H2,1-3H3,(H,16,19)(H,17,20)(H,18,21)(H,22,23). The monoisotopic (exact) mass is 394 g/mol. The van der Waals surface area contributed by atoms with Gasteiger partial charge in [-0.2, -0.15) is 25.3 Å². The molecule has 0 rings (SSSR count). The van der Waals surface area contributed by atoms with Gasteiger partial charge in [-0.15, -0.1) is 0 Å². The van der Waals surface area contributed by atoms with Crippen LogP contribution in [0.4, 0.5) is 0 Å². The largest absolute Gasteiger partial charge is 0.480 e. The summed E-state index contributed by atoms with van der Waals surface area (Å²) < 4.78 is 0. The molecule has 0 aromatic rings. The van der Waals surface area contributed by atoms with Crippen LogP contribution in [-0.4, -0.2) is 64.5 Å². The van der Waals surface area contributed by atoms with Gasteiger partial charge in [0.05, 0.1) is 6.04 Å². The number of thiol groups is 2. The van der Waals surface area contributed by atoms with Crippen molar-refractivity contribution in [3.63, 3.8) is 0 Å². The minimum absolute atomic E-state index is 0.00501. The molecule has 0 saturated heterocycles. The Morgan fingerprint density at radius 1 is 0.880 bits per heavy atom. The molecule has 0 bridgehead atoms. The van der Waals surface area contributed by atoms with Gasteiger partial charge in [-0.05, 0) is 12.8 Å². The fourth-order valence-electron chi connectivity index (χ4n) is 1.73. The van der Waals surface area contributed by atoms with Crippen LogP contribution in [0.3, 0.4) is 0 Å². The lowest BCUT2D eigenvalue weighted by Gasteiger charge is -2.24. The smallest absolute Gasteiger partial charge is 0.326 e.